The lowest BCUT2D eigenvalue weighted by molar-refractivity contribution is -0.384. The summed E-state index contributed by atoms with van der Waals surface area (Å²) in [6.45, 7) is 1.73. The third-order valence-electron chi connectivity index (χ3n) is 6.07. The van der Waals surface area contributed by atoms with Gasteiger partial charge in [0.1, 0.15) is 17.4 Å². The first-order valence-electron chi connectivity index (χ1n) is 11.5. The van der Waals surface area contributed by atoms with Gasteiger partial charge in [-0.25, -0.2) is 4.68 Å². The van der Waals surface area contributed by atoms with E-state index in [-0.39, 0.29) is 17.2 Å². The molecule has 0 saturated heterocycles. The molecule has 0 spiro atoms. The van der Waals surface area contributed by atoms with E-state index >= 15 is 0 Å². The number of fused-ring (bicyclic) bond motifs is 1. The predicted octanol–water partition coefficient (Wildman–Crippen LogP) is 5.62. The minimum atomic E-state index is -0.766. The molecule has 10 nitrogen and oxygen atoms in total. The Morgan fingerprint density at radius 2 is 1.58 bits per heavy atom. The van der Waals surface area contributed by atoms with Crippen molar-refractivity contribution in [3.8, 4) is 0 Å². The van der Waals surface area contributed by atoms with Gasteiger partial charge in [-0.1, -0.05) is 29.8 Å². The Balaban J connectivity index is 1.55. The molecular weight excluding hydrogens is 508 g/mol. The van der Waals surface area contributed by atoms with Crippen LogP contribution in [0.5, 0.6) is 0 Å². The second-order valence-electron chi connectivity index (χ2n) is 8.55. The summed E-state index contributed by atoms with van der Waals surface area (Å²) in [4.78, 5) is 37.4. The highest BCUT2D eigenvalue weighted by molar-refractivity contribution is 6.30. The van der Waals surface area contributed by atoms with E-state index in [0.717, 1.165) is 0 Å². The number of halogens is 1. The topological polar surface area (TPSA) is 131 Å². The molecule has 0 bridgehead atoms. The molecule has 0 unspecified atom stereocenters. The maximum absolute atomic E-state index is 13.5. The quantitative estimate of drug-likeness (QED) is 0.220. The number of aromatic nitrogens is 2. The number of nitro benzene ring substituents is 1. The molecule has 38 heavy (non-hydrogen) atoms. The lowest BCUT2D eigenvalue weighted by atomic mass is 9.94. The number of carbonyl (C=O) groups excluding carboxylic acids is 2. The van der Waals surface area contributed by atoms with Crippen molar-refractivity contribution in [2.45, 2.75) is 13.0 Å². The molecule has 2 heterocycles. The predicted molar refractivity (Wildman–Crippen MR) is 144 cm³/mol. The number of rotatable bonds is 6. The first-order chi connectivity index (χ1) is 18.3. The molecule has 0 fully saturated rings. The third-order valence-corrected chi connectivity index (χ3v) is 6.32. The molecule has 3 N–H and O–H groups in total. The Bertz CT molecular complexity index is 1560. The van der Waals surface area contributed by atoms with Crippen molar-refractivity contribution in [2.75, 3.05) is 16.0 Å². The van der Waals surface area contributed by atoms with Gasteiger partial charge in [0.15, 0.2) is 0 Å². The SMILES string of the molecule is CC1=C(C(=O)Nc2ccc(Cl)cc2)[C@H](c2ccc([N+](=O)[O-])cc2)n2ncc(C(=O)Nc3ccccc3)c2N1. The summed E-state index contributed by atoms with van der Waals surface area (Å²) in [7, 11) is 0. The second kappa shape index (κ2) is 10.2. The van der Waals surface area contributed by atoms with E-state index in [9.17, 15) is 19.7 Å². The van der Waals surface area contributed by atoms with Gasteiger partial charge < -0.3 is 16.0 Å². The summed E-state index contributed by atoms with van der Waals surface area (Å²) < 4.78 is 1.53. The average molecular weight is 529 g/mol. The minimum Gasteiger partial charge on any atom is -0.343 e. The zero-order valence-electron chi connectivity index (χ0n) is 20.0. The van der Waals surface area contributed by atoms with Crippen LogP contribution >= 0.6 is 11.6 Å². The number of benzene rings is 3. The van der Waals surface area contributed by atoms with Crippen LogP contribution < -0.4 is 16.0 Å². The number of nitrogens with zero attached hydrogens (tertiary/aromatic N) is 3. The molecule has 4 aromatic rings. The standard InChI is InChI=1S/C27H21ClN6O4/c1-16-23(27(36)32-20-11-9-18(28)10-12-20)24(17-7-13-21(14-8-17)34(37)38)33-25(30-16)22(15-29-33)26(35)31-19-5-3-2-4-6-19/h2-15,24,30H,1H3,(H,31,35)(H,32,36)/t24-/m0/s1. The molecule has 1 aromatic heterocycles. The monoisotopic (exact) mass is 528 g/mol. The van der Waals surface area contributed by atoms with E-state index < -0.39 is 16.9 Å². The number of carbonyl (C=O) groups is 2. The van der Waals surface area contributed by atoms with Crippen LogP contribution in [0.1, 0.15) is 28.9 Å². The lowest BCUT2D eigenvalue weighted by Crippen LogP contribution is -2.32. The van der Waals surface area contributed by atoms with Gasteiger partial charge >= 0.3 is 0 Å². The normalized spacial score (nSPS) is 14.3. The highest BCUT2D eigenvalue weighted by atomic mass is 35.5. The Morgan fingerprint density at radius 3 is 2.24 bits per heavy atom. The van der Waals surface area contributed by atoms with Crippen LogP contribution in [0.3, 0.4) is 0 Å². The van der Waals surface area contributed by atoms with Crippen molar-refractivity contribution in [1.82, 2.24) is 9.78 Å². The molecule has 2 amide bonds. The number of nitro groups is 1. The zero-order valence-corrected chi connectivity index (χ0v) is 20.8. The first kappa shape index (κ1) is 24.7. The number of hydrogen-bond acceptors (Lipinski definition) is 6. The number of hydrogen-bond donors (Lipinski definition) is 3. The van der Waals surface area contributed by atoms with E-state index in [1.165, 1.54) is 23.0 Å². The van der Waals surface area contributed by atoms with E-state index in [2.05, 4.69) is 21.0 Å². The van der Waals surface area contributed by atoms with Gasteiger partial charge in [-0.05, 0) is 61.0 Å². The van der Waals surface area contributed by atoms with Gasteiger partial charge in [0.05, 0.1) is 16.7 Å². The summed E-state index contributed by atoms with van der Waals surface area (Å²) in [5, 5.41) is 25.1. The maximum Gasteiger partial charge on any atom is 0.269 e. The van der Waals surface area contributed by atoms with E-state index in [1.807, 2.05) is 18.2 Å². The van der Waals surface area contributed by atoms with Crippen molar-refractivity contribution in [3.05, 3.63) is 123 Å². The summed E-state index contributed by atoms with van der Waals surface area (Å²) in [6, 6.07) is 20.8. The highest BCUT2D eigenvalue weighted by Crippen LogP contribution is 2.38. The van der Waals surface area contributed by atoms with E-state index in [0.29, 0.717) is 39.0 Å². The van der Waals surface area contributed by atoms with Crippen molar-refractivity contribution >= 4 is 46.3 Å². The Kier molecular flexibility index (Phi) is 6.63. The number of amides is 2. The molecule has 3 aromatic carbocycles. The lowest BCUT2D eigenvalue weighted by Gasteiger charge is -2.30. The number of non-ortho nitro benzene ring substituents is 1. The van der Waals surface area contributed by atoms with Gasteiger partial charge in [0.2, 0.25) is 0 Å². The number of allylic oxidation sites excluding steroid dienone is 1. The maximum atomic E-state index is 13.5. The van der Waals surface area contributed by atoms with Crippen molar-refractivity contribution in [2.24, 2.45) is 0 Å². The largest absolute Gasteiger partial charge is 0.343 e. The molecule has 0 saturated carbocycles. The van der Waals surface area contributed by atoms with Crippen LogP contribution in [0.15, 0.2) is 96.3 Å². The number of para-hydroxylation sites is 1. The van der Waals surface area contributed by atoms with Crippen LogP contribution in [0, 0.1) is 10.1 Å². The molecule has 1 atom stereocenters. The van der Waals surface area contributed by atoms with Gasteiger partial charge in [0, 0.05) is 34.2 Å². The van der Waals surface area contributed by atoms with E-state index in [1.54, 1.807) is 55.5 Å². The van der Waals surface area contributed by atoms with Crippen LogP contribution in [-0.4, -0.2) is 26.5 Å². The summed E-state index contributed by atoms with van der Waals surface area (Å²) >= 11 is 5.97. The molecule has 190 valence electrons. The Labute approximate surface area is 222 Å². The number of nitrogens with one attached hydrogen (secondary N) is 3. The van der Waals surface area contributed by atoms with Gasteiger partial charge in [-0.2, -0.15) is 5.10 Å². The fourth-order valence-corrected chi connectivity index (χ4v) is 4.38. The van der Waals surface area contributed by atoms with Crippen molar-refractivity contribution < 1.29 is 14.5 Å². The van der Waals surface area contributed by atoms with Crippen molar-refractivity contribution in [3.63, 3.8) is 0 Å². The molecule has 1 aliphatic heterocycles. The molecule has 5 rings (SSSR count). The third kappa shape index (κ3) is 4.84. The van der Waals surface area contributed by atoms with Crippen LogP contribution in [0.4, 0.5) is 22.9 Å². The van der Waals surface area contributed by atoms with Gasteiger partial charge in [0.25, 0.3) is 17.5 Å². The minimum absolute atomic E-state index is 0.0841. The molecular formula is C27H21ClN6O4. The van der Waals surface area contributed by atoms with Gasteiger partial charge in [-0.3, -0.25) is 19.7 Å². The summed E-state index contributed by atoms with van der Waals surface area (Å²) in [6.07, 6.45) is 1.42. The Hall–Kier alpha value is -4.96. The van der Waals surface area contributed by atoms with Crippen LogP contribution in [-0.2, 0) is 4.79 Å². The Morgan fingerprint density at radius 1 is 0.947 bits per heavy atom. The van der Waals surface area contributed by atoms with E-state index in [4.69, 9.17) is 11.6 Å². The second-order valence-corrected chi connectivity index (χ2v) is 8.98. The first-order valence-corrected chi connectivity index (χ1v) is 11.9. The fraction of sp³-hybridized carbons (Fsp3) is 0.0741. The zero-order chi connectivity index (χ0) is 26.8. The average Bonchev–Trinajstić information content (AvgIpc) is 3.33. The van der Waals surface area contributed by atoms with Crippen LogP contribution in [0.25, 0.3) is 0 Å². The fourth-order valence-electron chi connectivity index (χ4n) is 4.25. The van der Waals surface area contributed by atoms with Crippen LogP contribution in [0.2, 0.25) is 5.02 Å². The molecule has 11 heteroatoms. The molecule has 1 aliphatic rings. The van der Waals surface area contributed by atoms with Crippen molar-refractivity contribution in [1.29, 1.82) is 0 Å². The van der Waals surface area contributed by atoms with Gasteiger partial charge in [-0.15, -0.1) is 0 Å². The highest BCUT2D eigenvalue weighted by Gasteiger charge is 2.35. The molecule has 0 aliphatic carbocycles. The smallest absolute Gasteiger partial charge is 0.269 e. The summed E-state index contributed by atoms with van der Waals surface area (Å²) in [5.74, 6) is -0.395. The number of anilines is 3. The molecule has 0 radical (unpaired) electrons. The summed E-state index contributed by atoms with van der Waals surface area (Å²) in [5.41, 5.74) is 2.77.